The first-order valence-corrected chi connectivity index (χ1v) is 5.55. The van der Waals surface area contributed by atoms with E-state index in [0.29, 0.717) is 5.92 Å². The summed E-state index contributed by atoms with van der Waals surface area (Å²) in [5.41, 5.74) is 6.76. The zero-order chi connectivity index (χ0) is 11.5. The monoisotopic (exact) mass is 215 g/mol. The highest BCUT2D eigenvalue weighted by molar-refractivity contribution is 6.00. The highest BCUT2D eigenvalue weighted by atomic mass is 15.0. The molecule has 0 saturated carbocycles. The second kappa shape index (κ2) is 4.39. The molecule has 0 atom stereocenters. The molecule has 0 amide bonds. The number of nitrogens with zero attached hydrogens (tertiary/aromatic N) is 1. The predicted molar refractivity (Wildman–Crippen MR) is 69.5 cm³/mol. The normalized spacial score (nSPS) is 10.9. The molecule has 3 N–H and O–H groups in total. The Hall–Kier alpha value is -1.77. The van der Waals surface area contributed by atoms with Crippen molar-refractivity contribution in [1.29, 1.82) is 0 Å². The molecule has 0 aliphatic rings. The van der Waals surface area contributed by atoms with Crippen LogP contribution >= 0.6 is 0 Å². The van der Waals surface area contributed by atoms with E-state index in [0.717, 1.165) is 28.8 Å². The van der Waals surface area contributed by atoms with Gasteiger partial charge < -0.3 is 11.1 Å². The number of nitrogens with one attached hydrogen (secondary N) is 1. The number of hydrogen-bond acceptors (Lipinski definition) is 3. The van der Waals surface area contributed by atoms with E-state index in [4.69, 9.17) is 5.73 Å². The first kappa shape index (κ1) is 10.7. The molecular formula is C13H17N3. The van der Waals surface area contributed by atoms with E-state index in [1.165, 1.54) is 0 Å². The molecule has 0 radical (unpaired) electrons. The largest absolute Gasteiger partial charge is 0.398 e. The first-order valence-electron chi connectivity index (χ1n) is 5.55. The molecule has 0 bridgehead atoms. The zero-order valence-corrected chi connectivity index (χ0v) is 9.70. The summed E-state index contributed by atoms with van der Waals surface area (Å²) in [6.45, 7) is 5.24. The van der Waals surface area contributed by atoms with Gasteiger partial charge in [0.25, 0.3) is 0 Å². The Morgan fingerprint density at radius 3 is 2.88 bits per heavy atom. The minimum atomic E-state index is 0.585. The van der Waals surface area contributed by atoms with Crippen molar-refractivity contribution < 1.29 is 0 Å². The molecule has 1 aromatic heterocycles. The van der Waals surface area contributed by atoms with Gasteiger partial charge in [-0.1, -0.05) is 26.0 Å². The highest BCUT2D eigenvalue weighted by Gasteiger charge is 2.05. The van der Waals surface area contributed by atoms with E-state index in [1.807, 2.05) is 30.5 Å². The summed E-state index contributed by atoms with van der Waals surface area (Å²) in [7, 11) is 0. The van der Waals surface area contributed by atoms with Gasteiger partial charge in [0.2, 0.25) is 0 Å². The Morgan fingerprint density at radius 2 is 2.12 bits per heavy atom. The Morgan fingerprint density at radius 1 is 1.31 bits per heavy atom. The van der Waals surface area contributed by atoms with Gasteiger partial charge in [0, 0.05) is 23.8 Å². The molecule has 1 heterocycles. The molecule has 2 aromatic rings. The maximum absolute atomic E-state index is 5.98. The highest BCUT2D eigenvalue weighted by Crippen LogP contribution is 2.26. The van der Waals surface area contributed by atoms with Crippen molar-refractivity contribution in [3.8, 4) is 0 Å². The lowest BCUT2D eigenvalue weighted by atomic mass is 10.1. The molecule has 1 aromatic carbocycles. The first-order chi connectivity index (χ1) is 7.68. The van der Waals surface area contributed by atoms with Gasteiger partial charge in [-0.05, 0) is 23.4 Å². The third kappa shape index (κ3) is 2.08. The van der Waals surface area contributed by atoms with Gasteiger partial charge in [-0.2, -0.15) is 0 Å². The second-order valence-corrected chi connectivity index (χ2v) is 4.38. The van der Waals surface area contributed by atoms with Crippen LogP contribution < -0.4 is 11.1 Å². The minimum Gasteiger partial charge on any atom is -0.398 e. The fourth-order valence-corrected chi connectivity index (χ4v) is 1.69. The van der Waals surface area contributed by atoms with Gasteiger partial charge >= 0.3 is 0 Å². The quantitative estimate of drug-likeness (QED) is 0.774. The number of anilines is 2. The van der Waals surface area contributed by atoms with Gasteiger partial charge in [-0.15, -0.1) is 0 Å². The summed E-state index contributed by atoms with van der Waals surface area (Å²) in [5.74, 6) is 1.46. The lowest BCUT2D eigenvalue weighted by Crippen LogP contribution is -2.09. The molecule has 0 spiro atoms. The van der Waals surface area contributed by atoms with E-state index in [-0.39, 0.29) is 0 Å². The van der Waals surface area contributed by atoms with Crippen molar-refractivity contribution in [3.63, 3.8) is 0 Å². The molecule has 3 heteroatoms. The number of fused-ring (bicyclic) bond motifs is 1. The van der Waals surface area contributed by atoms with Crippen LogP contribution in [0.1, 0.15) is 13.8 Å². The Balaban J connectivity index is 2.44. The zero-order valence-electron chi connectivity index (χ0n) is 9.70. The third-order valence-electron chi connectivity index (χ3n) is 2.50. The van der Waals surface area contributed by atoms with Crippen LogP contribution in [0, 0.1) is 5.92 Å². The summed E-state index contributed by atoms with van der Waals surface area (Å²) < 4.78 is 0. The molecular weight excluding hydrogens is 198 g/mol. The molecule has 2 rings (SSSR count). The van der Waals surface area contributed by atoms with Crippen LogP contribution in [0.15, 0.2) is 30.5 Å². The third-order valence-corrected chi connectivity index (χ3v) is 2.50. The number of rotatable bonds is 3. The summed E-state index contributed by atoms with van der Waals surface area (Å²) in [6, 6.07) is 7.90. The fourth-order valence-electron chi connectivity index (χ4n) is 1.69. The van der Waals surface area contributed by atoms with E-state index >= 15 is 0 Å². The van der Waals surface area contributed by atoms with E-state index in [1.54, 1.807) is 0 Å². The van der Waals surface area contributed by atoms with Crippen LogP contribution in [0.25, 0.3) is 10.8 Å². The Labute approximate surface area is 95.7 Å². The number of aromatic nitrogens is 1. The van der Waals surface area contributed by atoms with Crippen molar-refractivity contribution in [2.24, 2.45) is 5.92 Å². The van der Waals surface area contributed by atoms with Crippen molar-refractivity contribution in [3.05, 3.63) is 30.5 Å². The summed E-state index contributed by atoms with van der Waals surface area (Å²) >= 11 is 0. The topological polar surface area (TPSA) is 50.9 Å². The lowest BCUT2D eigenvalue weighted by Gasteiger charge is -2.11. The Bertz CT molecular complexity index is 486. The van der Waals surface area contributed by atoms with Crippen molar-refractivity contribution >= 4 is 22.3 Å². The van der Waals surface area contributed by atoms with Gasteiger partial charge in [0.15, 0.2) is 0 Å². The molecule has 0 aliphatic heterocycles. The second-order valence-electron chi connectivity index (χ2n) is 4.38. The van der Waals surface area contributed by atoms with Gasteiger partial charge in [-0.3, -0.25) is 0 Å². The van der Waals surface area contributed by atoms with E-state index < -0.39 is 0 Å². The van der Waals surface area contributed by atoms with Crippen LogP contribution in [-0.4, -0.2) is 11.5 Å². The summed E-state index contributed by atoms with van der Waals surface area (Å²) in [6.07, 6.45) is 1.81. The lowest BCUT2D eigenvalue weighted by molar-refractivity contribution is 0.687. The Kier molecular flexibility index (Phi) is 2.95. The van der Waals surface area contributed by atoms with Crippen molar-refractivity contribution in [2.45, 2.75) is 13.8 Å². The fraction of sp³-hybridized carbons (Fsp3) is 0.308. The van der Waals surface area contributed by atoms with Crippen molar-refractivity contribution in [1.82, 2.24) is 4.98 Å². The average molecular weight is 215 g/mol. The summed E-state index contributed by atoms with van der Waals surface area (Å²) in [4.78, 5) is 4.35. The van der Waals surface area contributed by atoms with Gasteiger partial charge in [-0.25, -0.2) is 4.98 Å². The average Bonchev–Trinajstić information content (AvgIpc) is 2.26. The van der Waals surface area contributed by atoms with Crippen LogP contribution in [0.2, 0.25) is 0 Å². The molecule has 16 heavy (non-hydrogen) atoms. The SMILES string of the molecule is CC(C)CNc1nccc2cccc(N)c12. The predicted octanol–water partition coefficient (Wildman–Crippen LogP) is 2.88. The maximum atomic E-state index is 5.98. The van der Waals surface area contributed by atoms with E-state index in [2.05, 4.69) is 24.1 Å². The van der Waals surface area contributed by atoms with Crippen LogP contribution in [0.4, 0.5) is 11.5 Å². The molecule has 0 fully saturated rings. The minimum absolute atomic E-state index is 0.585. The molecule has 84 valence electrons. The van der Waals surface area contributed by atoms with Gasteiger partial charge in [0.1, 0.15) is 5.82 Å². The molecule has 0 unspecified atom stereocenters. The van der Waals surface area contributed by atoms with Crippen LogP contribution in [0.3, 0.4) is 0 Å². The molecule has 0 aliphatic carbocycles. The number of nitrogens with two attached hydrogens (primary N) is 1. The molecule has 3 nitrogen and oxygen atoms in total. The summed E-state index contributed by atoms with van der Waals surface area (Å²) in [5, 5.41) is 5.48. The van der Waals surface area contributed by atoms with Crippen molar-refractivity contribution in [2.75, 3.05) is 17.6 Å². The van der Waals surface area contributed by atoms with Gasteiger partial charge in [0.05, 0.1) is 0 Å². The number of hydrogen-bond donors (Lipinski definition) is 2. The van der Waals surface area contributed by atoms with Crippen LogP contribution in [0.5, 0.6) is 0 Å². The number of nitrogen functional groups attached to an aromatic ring is 1. The smallest absolute Gasteiger partial charge is 0.135 e. The van der Waals surface area contributed by atoms with Crippen LogP contribution in [-0.2, 0) is 0 Å². The molecule has 0 saturated heterocycles. The maximum Gasteiger partial charge on any atom is 0.135 e. The number of benzene rings is 1. The standard InChI is InChI=1S/C13H17N3/c1-9(2)8-16-13-12-10(6-7-15-13)4-3-5-11(12)14/h3-7,9H,8,14H2,1-2H3,(H,15,16). The van der Waals surface area contributed by atoms with E-state index in [9.17, 15) is 0 Å². The number of pyridine rings is 1.